The molecular formula is C13H11ClN2O2. The number of hydrogen-bond acceptors (Lipinski definition) is 3. The molecule has 0 radical (unpaired) electrons. The lowest BCUT2D eigenvalue weighted by molar-refractivity contribution is 0.318. The molecule has 18 heavy (non-hydrogen) atoms. The minimum atomic E-state index is -0.000404. The minimum absolute atomic E-state index is 0.000404. The van der Waals surface area contributed by atoms with Crippen LogP contribution in [0.2, 0.25) is 5.02 Å². The summed E-state index contributed by atoms with van der Waals surface area (Å²) in [4.78, 5) is 0. The van der Waals surface area contributed by atoms with Crippen LogP contribution in [0.4, 0.5) is 0 Å². The zero-order chi connectivity index (χ0) is 13.0. The summed E-state index contributed by atoms with van der Waals surface area (Å²) in [5, 5.41) is 12.3. The third-order valence-corrected chi connectivity index (χ3v) is 2.56. The first-order valence-electron chi connectivity index (χ1n) is 5.21. The van der Waals surface area contributed by atoms with E-state index in [9.17, 15) is 0 Å². The van der Waals surface area contributed by atoms with Gasteiger partial charge >= 0.3 is 0 Å². The number of nitrogens with zero attached hydrogens (tertiary/aromatic N) is 1. The normalized spacial score (nSPS) is 11.3. The predicted molar refractivity (Wildman–Crippen MR) is 70.5 cm³/mol. The van der Waals surface area contributed by atoms with Crippen molar-refractivity contribution in [2.24, 2.45) is 10.9 Å². The van der Waals surface area contributed by atoms with Crippen molar-refractivity contribution in [1.29, 1.82) is 0 Å². The molecule has 2 aromatic rings. The maximum absolute atomic E-state index is 8.71. The van der Waals surface area contributed by atoms with Crippen LogP contribution in [0.3, 0.4) is 0 Å². The summed E-state index contributed by atoms with van der Waals surface area (Å²) in [6, 6.07) is 14.0. The molecule has 5 heteroatoms. The minimum Gasteiger partial charge on any atom is -0.457 e. The highest BCUT2D eigenvalue weighted by Crippen LogP contribution is 2.26. The van der Waals surface area contributed by atoms with Gasteiger partial charge in [0.25, 0.3) is 0 Å². The molecule has 92 valence electrons. The van der Waals surface area contributed by atoms with E-state index in [0.29, 0.717) is 22.1 Å². The van der Waals surface area contributed by atoms with Gasteiger partial charge in [0.2, 0.25) is 0 Å². The fraction of sp³-hybridized carbons (Fsp3) is 0. The summed E-state index contributed by atoms with van der Waals surface area (Å²) >= 11 is 5.79. The number of halogens is 1. The second-order valence-electron chi connectivity index (χ2n) is 3.54. The molecule has 2 aromatic carbocycles. The van der Waals surface area contributed by atoms with Crippen molar-refractivity contribution < 1.29 is 9.94 Å². The maximum Gasteiger partial charge on any atom is 0.173 e. The summed E-state index contributed by atoms with van der Waals surface area (Å²) < 4.78 is 5.66. The van der Waals surface area contributed by atoms with Crippen molar-refractivity contribution in [1.82, 2.24) is 0 Å². The van der Waals surface area contributed by atoms with E-state index < -0.39 is 0 Å². The number of amidine groups is 1. The molecule has 0 aliphatic carbocycles. The van der Waals surface area contributed by atoms with Gasteiger partial charge in [-0.2, -0.15) is 0 Å². The Balaban J connectivity index is 2.32. The highest BCUT2D eigenvalue weighted by Gasteiger charge is 2.08. The van der Waals surface area contributed by atoms with Crippen LogP contribution in [-0.4, -0.2) is 11.0 Å². The third kappa shape index (κ3) is 2.73. The van der Waals surface area contributed by atoms with Gasteiger partial charge in [-0.1, -0.05) is 28.9 Å². The van der Waals surface area contributed by atoms with Crippen molar-refractivity contribution >= 4 is 17.4 Å². The number of oxime groups is 1. The van der Waals surface area contributed by atoms with E-state index in [-0.39, 0.29) is 5.84 Å². The van der Waals surface area contributed by atoms with Crippen LogP contribution in [0.1, 0.15) is 5.56 Å². The van der Waals surface area contributed by atoms with Gasteiger partial charge in [0.05, 0.1) is 5.56 Å². The lowest BCUT2D eigenvalue weighted by atomic mass is 10.2. The highest BCUT2D eigenvalue weighted by molar-refractivity contribution is 6.30. The van der Waals surface area contributed by atoms with E-state index in [1.807, 2.05) is 0 Å². The van der Waals surface area contributed by atoms with E-state index in [0.717, 1.165) is 0 Å². The van der Waals surface area contributed by atoms with Crippen LogP contribution in [0, 0.1) is 0 Å². The smallest absolute Gasteiger partial charge is 0.173 e. The van der Waals surface area contributed by atoms with Gasteiger partial charge < -0.3 is 15.7 Å². The lowest BCUT2D eigenvalue weighted by Gasteiger charge is -2.09. The van der Waals surface area contributed by atoms with E-state index in [4.69, 9.17) is 27.3 Å². The first-order chi connectivity index (χ1) is 8.70. The second-order valence-corrected chi connectivity index (χ2v) is 3.97. The molecule has 0 heterocycles. The first kappa shape index (κ1) is 12.3. The van der Waals surface area contributed by atoms with Crippen LogP contribution >= 0.6 is 11.6 Å². The molecule has 0 unspecified atom stereocenters. The molecule has 0 spiro atoms. The van der Waals surface area contributed by atoms with Crippen LogP contribution in [0.5, 0.6) is 11.5 Å². The van der Waals surface area contributed by atoms with Crippen molar-refractivity contribution in [2.45, 2.75) is 0 Å². The number of hydrogen-bond donors (Lipinski definition) is 2. The molecule has 0 atom stereocenters. The number of para-hydroxylation sites is 1. The molecule has 4 nitrogen and oxygen atoms in total. The van der Waals surface area contributed by atoms with Crippen molar-refractivity contribution in [3.8, 4) is 11.5 Å². The topological polar surface area (TPSA) is 67.8 Å². The number of benzene rings is 2. The van der Waals surface area contributed by atoms with E-state index in [1.54, 1.807) is 48.5 Å². The SMILES string of the molecule is N/C(=N\O)c1ccccc1Oc1ccc(Cl)cc1. The molecule has 0 aliphatic rings. The van der Waals surface area contributed by atoms with Gasteiger partial charge in [-0.25, -0.2) is 0 Å². The Hall–Kier alpha value is -2.20. The van der Waals surface area contributed by atoms with Gasteiger partial charge in [-0.05, 0) is 36.4 Å². The summed E-state index contributed by atoms with van der Waals surface area (Å²) in [7, 11) is 0. The second kappa shape index (κ2) is 5.42. The number of rotatable bonds is 3. The Kier molecular flexibility index (Phi) is 3.69. The van der Waals surface area contributed by atoms with Crippen LogP contribution < -0.4 is 10.5 Å². The number of nitrogens with two attached hydrogens (primary N) is 1. The molecule has 0 aliphatic heterocycles. The Morgan fingerprint density at radius 3 is 2.44 bits per heavy atom. The van der Waals surface area contributed by atoms with Crippen LogP contribution in [0.25, 0.3) is 0 Å². The maximum atomic E-state index is 8.71. The summed E-state index contributed by atoms with van der Waals surface area (Å²) in [5.41, 5.74) is 6.09. The molecule has 3 N–H and O–H groups in total. The molecule has 0 fully saturated rings. The van der Waals surface area contributed by atoms with E-state index in [2.05, 4.69) is 5.16 Å². The largest absolute Gasteiger partial charge is 0.457 e. The Bertz CT molecular complexity index is 567. The molecule has 0 saturated heterocycles. The standard InChI is InChI=1S/C13H11ClN2O2/c14-9-5-7-10(8-6-9)18-12-4-2-1-3-11(12)13(15)16-17/h1-8,17H,(H2,15,16). The van der Waals surface area contributed by atoms with Crippen LogP contribution in [0.15, 0.2) is 53.7 Å². The van der Waals surface area contributed by atoms with Crippen molar-refractivity contribution in [2.75, 3.05) is 0 Å². The predicted octanol–water partition coefficient (Wildman–Crippen LogP) is 3.23. The van der Waals surface area contributed by atoms with Gasteiger partial charge in [0.15, 0.2) is 5.84 Å². The van der Waals surface area contributed by atoms with Crippen molar-refractivity contribution in [3.05, 3.63) is 59.1 Å². The van der Waals surface area contributed by atoms with Gasteiger partial charge in [0.1, 0.15) is 11.5 Å². The summed E-state index contributed by atoms with van der Waals surface area (Å²) in [5.74, 6) is 1.13. The Morgan fingerprint density at radius 2 is 1.78 bits per heavy atom. The fourth-order valence-corrected chi connectivity index (χ4v) is 1.58. The third-order valence-electron chi connectivity index (χ3n) is 2.31. The van der Waals surface area contributed by atoms with E-state index in [1.165, 1.54) is 0 Å². The molecular weight excluding hydrogens is 252 g/mol. The monoisotopic (exact) mass is 262 g/mol. The average Bonchev–Trinajstić information content (AvgIpc) is 2.41. The Morgan fingerprint density at radius 1 is 1.11 bits per heavy atom. The van der Waals surface area contributed by atoms with E-state index >= 15 is 0 Å². The zero-order valence-electron chi connectivity index (χ0n) is 9.38. The van der Waals surface area contributed by atoms with Gasteiger partial charge in [-0.3, -0.25) is 0 Å². The summed E-state index contributed by atoms with van der Waals surface area (Å²) in [6.07, 6.45) is 0. The average molecular weight is 263 g/mol. The first-order valence-corrected chi connectivity index (χ1v) is 5.59. The molecule has 2 rings (SSSR count). The number of ether oxygens (including phenoxy) is 1. The van der Waals surface area contributed by atoms with Gasteiger partial charge in [-0.15, -0.1) is 0 Å². The molecule has 0 bridgehead atoms. The molecule has 0 aromatic heterocycles. The van der Waals surface area contributed by atoms with Gasteiger partial charge in [0, 0.05) is 5.02 Å². The van der Waals surface area contributed by atoms with Crippen LogP contribution in [-0.2, 0) is 0 Å². The van der Waals surface area contributed by atoms with Crippen molar-refractivity contribution in [3.63, 3.8) is 0 Å². The quantitative estimate of drug-likeness (QED) is 0.386. The zero-order valence-corrected chi connectivity index (χ0v) is 10.1. The molecule has 0 amide bonds. The molecule has 0 saturated carbocycles. The highest BCUT2D eigenvalue weighted by atomic mass is 35.5. The Labute approximate surface area is 109 Å². The lowest BCUT2D eigenvalue weighted by Crippen LogP contribution is -2.14. The fourth-order valence-electron chi connectivity index (χ4n) is 1.45. The summed E-state index contributed by atoms with van der Waals surface area (Å²) in [6.45, 7) is 0.